The number of carbonyl (C=O) groups excluding carboxylic acids is 1. The van der Waals surface area contributed by atoms with Gasteiger partial charge in [0.25, 0.3) is 5.91 Å². The van der Waals surface area contributed by atoms with Crippen molar-refractivity contribution in [3.05, 3.63) is 23.8 Å². The number of nitrogens with one attached hydrogen (secondary N) is 1. The maximum absolute atomic E-state index is 11.4. The first kappa shape index (κ1) is 12.2. The molecule has 18 heavy (non-hydrogen) atoms. The Labute approximate surface area is 104 Å². The molecule has 0 radical (unpaired) electrons. The molecule has 1 heterocycles. The number of carboxylic acid groups (broad SMARTS) is 1. The van der Waals surface area contributed by atoms with Gasteiger partial charge >= 0.3 is 5.97 Å². The monoisotopic (exact) mass is 251 g/mol. The van der Waals surface area contributed by atoms with Crippen LogP contribution in [0.15, 0.2) is 18.2 Å². The number of aromatic carboxylic acids is 1. The highest BCUT2D eigenvalue weighted by molar-refractivity contribution is 5.88. The third kappa shape index (κ3) is 2.37. The molecule has 1 aliphatic heterocycles. The molecule has 0 saturated carbocycles. The lowest BCUT2D eigenvalue weighted by Gasteiger charge is -2.14. The fourth-order valence-electron chi connectivity index (χ4n) is 1.74. The highest BCUT2D eigenvalue weighted by atomic mass is 16.5. The quantitative estimate of drug-likeness (QED) is 0.821. The van der Waals surface area contributed by atoms with Crippen LogP contribution in [0.5, 0.6) is 11.5 Å². The number of methoxy groups -OCH3 is 1. The van der Waals surface area contributed by atoms with E-state index in [2.05, 4.69) is 5.32 Å². The standard InChI is InChI=1S/C12H13NO5/c1-17-10-6-7(12(15)16)2-3-8(10)18-9-4-5-13-11(9)14/h2-3,6,9H,4-5H2,1H3,(H,13,14)(H,15,16)/t9-/m0/s1. The minimum absolute atomic E-state index is 0.107. The van der Waals surface area contributed by atoms with E-state index in [0.29, 0.717) is 24.5 Å². The molecule has 2 rings (SSSR count). The predicted octanol–water partition coefficient (Wildman–Crippen LogP) is 0.661. The van der Waals surface area contributed by atoms with Gasteiger partial charge in [-0.2, -0.15) is 0 Å². The topological polar surface area (TPSA) is 84.9 Å². The normalized spacial score (nSPS) is 18.3. The van der Waals surface area contributed by atoms with Gasteiger partial charge in [-0.15, -0.1) is 0 Å². The number of amides is 1. The van der Waals surface area contributed by atoms with Crippen molar-refractivity contribution in [1.29, 1.82) is 0 Å². The Kier molecular flexibility index (Phi) is 3.36. The van der Waals surface area contributed by atoms with Gasteiger partial charge in [0.1, 0.15) is 0 Å². The second kappa shape index (κ2) is 4.95. The zero-order valence-corrected chi connectivity index (χ0v) is 9.80. The lowest BCUT2D eigenvalue weighted by Crippen LogP contribution is -2.27. The molecule has 0 bridgehead atoms. The Hall–Kier alpha value is -2.24. The number of ether oxygens (including phenoxy) is 2. The summed E-state index contributed by atoms with van der Waals surface area (Å²) in [5, 5.41) is 11.5. The number of hydrogen-bond donors (Lipinski definition) is 2. The summed E-state index contributed by atoms with van der Waals surface area (Å²) in [5.41, 5.74) is 0.107. The highest BCUT2D eigenvalue weighted by Crippen LogP contribution is 2.29. The first-order chi connectivity index (χ1) is 8.61. The fraction of sp³-hybridized carbons (Fsp3) is 0.333. The van der Waals surface area contributed by atoms with Crippen molar-refractivity contribution in [3.63, 3.8) is 0 Å². The fourth-order valence-corrected chi connectivity index (χ4v) is 1.74. The minimum Gasteiger partial charge on any atom is -0.493 e. The Morgan fingerprint density at radius 1 is 1.44 bits per heavy atom. The molecule has 1 atom stereocenters. The van der Waals surface area contributed by atoms with Gasteiger partial charge in [0.15, 0.2) is 17.6 Å². The van der Waals surface area contributed by atoms with Crippen molar-refractivity contribution in [2.24, 2.45) is 0 Å². The molecular formula is C12H13NO5. The van der Waals surface area contributed by atoms with Crippen LogP contribution in [0, 0.1) is 0 Å². The molecule has 1 fully saturated rings. The van der Waals surface area contributed by atoms with Gasteiger partial charge in [0, 0.05) is 13.0 Å². The molecule has 0 aromatic heterocycles. The smallest absolute Gasteiger partial charge is 0.335 e. The van der Waals surface area contributed by atoms with E-state index in [1.165, 1.54) is 25.3 Å². The molecule has 1 aromatic carbocycles. The van der Waals surface area contributed by atoms with Crippen LogP contribution in [0.2, 0.25) is 0 Å². The van der Waals surface area contributed by atoms with Gasteiger partial charge in [0.05, 0.1) is 12.7 Å². The molecule has 96 valence electrons. The first-order valence-electron chi connectivity index (χ1n) is 5.47. The first-order valence-corrected chi connectivity index (χ1v) is 5.47. The summed E-state index contributed by atoms with van der Waals surface area (Å²) in [7, 11) is 1.42. The summed E-state index contributed by atoms with van der Waals surface area (Å²) in [6.07, 6.45) is 0.0393. The van der Waals surface area contributed by atoms with Crippen LogP contribution in [0.1, 0.15) is 16.8 Å². The van der Waals surface area contributed by atoms with Crippen molar-refractivity contribution < 1.29 is 24.2 Å². The molecule has 1 aliphatic rings. The van der Waals surface area contributed by atoms with Crippen molar-refractivity contribution >= 4 is 11.9 Å². The van der Waals surface area contributed by atoms with Crippen LogP contribution in [0.25, 0.3) is 0 Å². The number of carbonyl (C=O) groups is 2. The molecule has 0 aliphatic carbocycles. The third-order valence-corrected chi connectivity index (χ3v) is 2.68. The number of benzene rings is 1. The number of rotatable bonds is 4. The Balaban J connectivity index is 2.22. The zero-order valence-electron chi connectivity index (χ0n) is 9.80. The molecule has 1 saturated heterocycles. The van der Waals surface area contributed by atoms with Crippen molar-refractivity contribution in [1.82, 2.24) is 5.32 Å². The Morgan fingerprint density at radius 2 is 2.22 bits per heavy atom. The Bertz CT molecular complexity index is 485. The number of carboxylic acids is 1. The van der Waals surface area contributed by atoms with Gasteiger partial charge < -0.3 is 19.9 Å². The van der Waals surface area contributed by atoms with Crippen LogP contribution in [-0.4, -0.2) is 36.7 Å². The molecule has 6 heteroatoms. The maximum Gasteiger partial charge on any atom is 0.335 e. The lowest BCUT2D eigenvalue weighted by atomic mass is 10.2. The van der Waals surface area contributed by atoms with E-state index in [4.69, 9.17) is 14.6 Å². The van der Waals surface area contributed by atoms with E-state index in [-0.39, 0.29) is 11.5 Å². The average molecular weight is 251 g/mol. The van der Waals surface area contributed by atoms with Gasteiger partial charge in [-0.3, -0.25) is 4.79 Å². The molecule has 0 spiro atoms. The van der Waals surface area contributed by atoms with Gasteiger partial charge in [0.2, 0.25) is 0 Å². The number of hydrogen-bond acceptors (Lipinski definition) is 4. The van der Waals surface area contributed by atoms with Crippen LogP contribution >= 0.6 is 0 Å². The van der Waals surface area contributed by atoms with Crippen molar-refractivity contribution in [3.8, 4) is 11.5 Å². The average Bonchev–Trinajstić information content (AvgIpc) is 2.75. The van der Waals surface area contributed by atoms with E-state index in [1.807, 2.05) is 0 Å². The van der Waals surface area contributed by atoms with E-state index < -0.39 is 12.1 Å². The summed E-state index contributed by atoms with van der Waals surface area (Å²) < 4.78 is 10.6. The maximum atomic E-state index is 11.4. The van der Waals surface area contributed by atoms with Crippen molar-refractivity contribution in [2.45, 2.75) is 12.5 Å². The van der Waals surface area contributed by atoms with Crippen LogP contribution in [0.4, 0.5) is 0 Å². The molecular weight excluding hydrogens is 238 g/mol. The molecule has 1 aromatic rings. The van der Waals surface area contributed by atoms with Crippen LogP contribution in [0.3, 0.4) is 0 Å². The molecule has 6 nitrogen and oxygen atoms in total. The molecule has 1 amide bonds. The van der Waals surface area contributed by atoms with E-state index in [9.17, 15) is 9.59 Å². The van der Waals surface area contributed by atoms with Crippen molar-refractivity contribution in [2.75, 3.05) is 13.7 Å². The van der Waals surface area contributed by atoms with Gasteiger partial charge in [-0.1, -0.05) is 0 Å². The lowest BCUT2D eigenvalue weighted by molar-refractivity contribution is -0.124. The van der Waals surface area contributed by atoms with E-state index >= 15 is 0 Å². The largest absolute Gasteiger partial charge is 0.493 e. The third-order valence-electron chi connectivity index (χ3n) is 2.68. The van der Waals surface area contributed by atoms with Crippen LogP contribution in [-0.2, 0) is 4.79 Å². The highest BCUT2D eigenvalue weighted by Gasteiger charge is 2.27. The van der Waals surface area contributed by atoms with E-state index in [0.717, 1.165) is 0 Å². The predicted molar refractivity (Wildman–Crippen MR) is 62.0 cm³/mol. The minimum atomic E-state index is -1.04. The molecule has 2 N–H and O–H groups in total. The van der Waals surface area contributed by atoms with Gasteiger partial charge in [-0.25, -0.2) is 4.79 Å². The summed E-state index contributed by atoms with van der Waals surface area (Å²) in [6, 6.07) is 4.27. The summed E-state index contributed by atoms with van der Waals surface area (Å²) in [6.45, 7) is 0.582. The summed E-state index contributed by atoms with van der Waals surface area (Å²) >= 11 is 0. The second-order valence-corrected chi connectivity index (χ2v) is 3.86. The molecule has 0 unspecified atom stereocenters. The zero-order chi connectivity index (χ0) is 13.1. The summed E-state index contributed by atoms with van der Waals surface area (Å²) in [5.74, 6) is -0.544. The van der Waals surface area contributed by atoms with E-state index in [1.54, 1.807) is 0 Å². The Morgan fingerprint density at radius 3 is 2.78 bits per heavy atom. The second-order valence-electron chi connectivity index (χ2n) is 3.86. The van der Waals surface area contributed by atoms with Gasteiger partial charge in [-0.05, 0) is 18.2 Å². The van der Waals surface area contributed by atoms with Crippen LogP contribution < -0.4 is 14.8 Å². The SMILES string of the molecule is COc1cc(C(=O)O)ccc1O[C@H]1CCNC1=O. The summed E-state index contributed by atoms with van der Waals surface area (Å²) in [4.78, 5) is 22.2.